The second-order valence-corrected chi connectivity index (χ2v) is 2.38. The first-order chi connectivity index (χ1) is 3.41. The summed E-state index contributed by atoms with van der Waals surface area (Å²) in [5.41, 5.74) is 0. The second kappa shape index (κ2) is 6.74. The molecule has 0 rings (SSSR count). The summed E-state index contributed by atoms with van der Waals surface area (Å²) in [6.45, 7) is 2.22. The van der Waals surface area contributed by atoms with E-state index in [0.29, 0.717) is 0 Å². The molecule has 36 valence electrons. The Labute approximate surface area is 63.4 Å². The van der Waals surface area contributed by atoms with Crippen molar-refractivity contribution in [1.29, 1.82) is 0 Å². The summed E-state index contributed by atoms with van der Waals surface area (Å²) < 4.78 is 2.25. The molecule has 1 heteroatoms. The Morgan fingerprint density at radius 1 is 1.57 bits per heavy atom. The third-order valence-corrected chi connectivity index (χ3v) is 1.43. The average molecular weight is 106 g/mol. The van der Waals surface area contributed by atoms with Gasteiger partial charge in [-0.15, -0.1) is 0 Å². The minimum absolute atomic E-state index is 1.23. The van der Waals surface area contributed by atoms with Crippen LogP contribution in [0.4, 0.5) is 0 Å². The molecule has 0 fully saturated rings. The summed E-state index contributed by atoms with van der Waals surface area (Å²) in [5.74, 6) is 0. The molecule has 0 heterocycles. The first kappa shape index (κ1) is 7.74. The topological polar surface area (TPSA) is 0 Å². The van der Waals surface area contributed by atoms with Gasteiger partial charge in [-0.05, 0) is 0 Å². The van der Waals surface area contributed by atoms with Crippen LogP contribution in [0.2, 0.25) is 0 Å². The summed E-state index contributed by atoms with van der Waals surface area (Å²) in [6, 6.07) is 0. The Balaban J connectivity index is 2.69. The van der Waals surface area contributed by atoms with Gasteiger partial charge in [0.25, 0.3) is 0 Å². The van der Waals surface area contributed by atoms with Crippen molar-refractivity contribution in [3.05, 3.63) is 9.40 Å². The fourth-order valence-electron chi connectivity index (χ4n) is 0.489. The van der Waals surface area contributed by atoms with Gasteiger partial charge in [0.15, 0.2) is 0 Å². The molecule has 0 N–H and O–H groups in total. The molecule has 0 aromatic rings. The fraction of sp³-hybridized carbons (Fsp3) is 0.667. The van der Waals surface area contributed by atoms with Crippen LogP contribution in [0.5, 0.6) is 0 Å². The van der Waals surface area contributed by atoms with Crippen LogP contribution < -0.4 is 0 Å². The Kier molecular flexibility index (Phi) is 7.45. The zero-order chi connectivity index (χ0) is 5.54. The zero-order valence-electron chi connectivity index (χ0n) is 5.28. The van der Waals surface area contributed by atoms with E-state index in [0.717, 1.165) is 0 Å². The van der Waals surface area contributed by atoms with Gasteiger partial charge in [0, 0.05) is 0 Å². The van der Waals surface area contributed by atoms with E-state index in [4.69, 9.17) is 0 Å². The minimum atomic E-state index is 1.23. The number of hydrogen-bond acceptors (Lipinski definition) is 0. The van der Waals surface area contributed by atoms with Crippen molar-refractivity contribution < 1.29 is 0 Å². The van der Waals surface area contributed by atoms with E-state index >= 15 is 0 Å². The first-order valence-electron chi connectivity index (χ1n) is 3.03. The molecule has 0 bridgehead atoms. The van der Waals surface area contributed by atoms with Crippen LogP contribution in [-0.4, -0.2) is 27.9 Å². The van der Waals surface area contributed by atoms with Gasteiger partial charge >= 0.3 is 63.5 Å². The van der Waals surface area contributed by atoms with Crippen LogP contribution >= 0.6 is 0 Å². The van der Waals surface area contributed by atoms with Gasteiger partial charge in [-0.2, -0.15) is 0 Å². The van der Waals surface area contributed by atoms with Gasteiger partial charge in [0.2, 0.25) is 0 Å². The molecular formula is C6H11Na. The van der Waals surface area contributed by atoms with E-state index in [1.807, 2.05) is 0 Å². The quantitative estimate of drug-likeness (QED) is 0.380. The molecule has 0 amide bonds. The summed E-state index contributed by atoms with van der Waals surface area (Å²) in [7, 11) is 0. The molecule has 0 unspecified atom stereocenters. The molecule has 0 aromatic carbocycles. The molecule has 0 aliphatic rings. The molecule has 0 aliphatic carbocycles. The van der Waals surface area contributed by atoms with Gasteiger partial charge < -0.3 is 0 Å². The average Bonchev–Trinajstić information content (AvgIpc) is 1.69. The van der Waals surface area contributed by atoms with E-state index in [1.54, 1.807) is 0 Å². The van der Waals surface area contributed by atoms with Crippen LogP contribution in [-0.2, 0) is 0 Å². The predicted molar refractivity (Wildman–Crippen MR) is 34.4 cm³/mol. The number of allylic oxidation sites excluding steroid dienone is 1. The summed E-state index contributed by atoms with van der Waals surface area (Å²) in [4.78, 5) is 0. The van der Waals surface area contributed by atoms with Crippen molar-refractivity contribution in [1.82, 2.24) is 0 Å². The van der Waals surface area contributed by atoms with E-state index in [1.165, 1.54) is 47.2 Å². The SMILES string of the molecule is CCCC/C=[CH]/[Na]. The van der Waals surface area contributed by atoms with Gasteiger partial charge in [-0.1, -0.05) is 0 Å². The molecule has 7 heavy (non-hydrogen) atoms. The zero-order valence-corrected chi connectivity index (χ0v) is 7.28. The molecule has 0 spiro atoms. The maximum atomic E-state index is 2.27. The van der Waals surface area contributed by atoms with E-state index in [9.17, 15) is 0 Å². The number of unbranched alkanes of at least 4 members (excludes halogenated alkanes) is 2. The Bertz CT molecular complexity index is 48.1. The van der Waals surface area contributed by atoms with Crippen LogP contribution in [0.25, 0.3) is 0 Å². The molecule has 0 radical (unpaired) electrons. The van der Waals surface area contributed by atoms with Crippen LogP contribution in [0.3, 0.4) is 0 Å². The van der Waals surface area contributed by atoms with Crippen LogP contribution in [0, 0.1) is 0 Å². The van der Waals surface area contributed by atoms with Gasteiger partial charge in [0.1, 0.15) is 0 Å². The molecular weight excluding hydrogens is 95.1 g/mol. The Hall–Kier alpha value is 0.740. The third kappa shape index (κ3) is 6.74. The van der Waals surface area contributed by atoms with Gasteiger partial charge in [0.05, 0.1) is 0 Å². The molecule has 0 aliphatic heterocycles. The van der Waals surface area contributed by atoms with Gasteiger partial charge in [-0.3, -0.25) is 0 Å². The van der Waals surface area contributed by atoms with E-state index in [-0.39, 0.29) is 0 Å². The standard InChI is InChI=1S/C6H11.Na/c1-3-5-6-4-2;/h1,3H,4-6H2,2H3;. The molecule has 0 aromatic heterocycles. The van der Waals surface area contributed by atoms with E-state index in [2.05, 4.69) is 16.3 Å². The molecule has 0 nitrogen and oxygen atoms in total. The molecule has 0 saturated carbocycles. The van der Waals surface area contributed by atoms with Crippen molar-refractivity contribution in [3.63, 3.8) is 0 Å². The van der Waals surface area contributed by atoms with Crippen LogP contribution in [0.15, 0.2) is 9.40 Å². The monoisotopic (exact) mass is 106 g/mol. The van der Waals surface area contributed by atoms with Crippen molar-refractivity contribution in [2.24, 2.45) is 0 Å². The molecule has 0 atom stereocenters. The van der Waals surface area contributed by atoms with Crippen molar-refractivity contribution in [3.8, 4) is 0 Å². The second-order valence-electron chi connectivity index (χ2n) is 1.71. The molecule has 0 saturated heterocycles. The Morgan fingerprint density at radius 3 is 2.71 bits per heavy atom. The Morgan fingerprint density at radius 2 is 2.29 bits per heavy atom. The summed E-state index contributed by atoms with van der Waals surface area (Å²) in [5, 5.41) is 0. The number of hydrogen-bond donors (Lipinski definition) is 0. The third-order valence-electron chi connectivity index (χ3n) is 0.960. The van der Waals surface area contributed by atoms with Crippen molar-refractivity contribution >= 4 is 27.9 Å². The van der Waals surface area contributed by atoms with Crippen molar-refractivity contribution in [2.75, 3.05) is 0 Å². The van der Waals surface area contributed by atoms with Crippen molar-refractivity contribution in [2.45, 2.75) is 26.2 Å². The first-order valence-corrected chi connectivity index (χ1v) is 4.18. The van der Waals surface area contributed by atoms with Crippen LogP contribution in [0.1, 0.15) is 26.2 Å². The predicted octanol–water partition coefficient (Wildman–Crippen LogP) is 1.86. The van der Waals surface area contributed by atoms with E-state index < -0.39 is 0 Å². The maximum absolute atomic E-state index is 2.27. The summed E-state index contributed by atoms with van der Waals surface area (Å²) in [6.07, 6.45) is 6.25. The fourth-order valence-corrected chi connectivity index (χ4v) is 0.822. The number of rotatable bonds is 3. The summed E-state index contributed by atoms with van der Waals surface area (Å²) >= 11 is 1.23. The normalized spacial score (nSPS) is 10.7. The van der Waals surface area contributed by atoms with Gasteiger partial charge in [-0.25, -0.2) is 0 Å².